The van der Waals surface area contributed by atoms with Crippen LogP contribution in [0.15, 0.2) is 0 Å². The summed E-state index contributed by atoms with van der Waals surface area (Å²) in [7, 11) is 0. The number of hydrogen-bond acceptors (Lipinski definition) is 6. The van der Waals surface area contributed by atoms with Crippen molar-refractivity contribution in [1.29, 1.82) is 0 Å². The summed E-state index contributed by atoms with van der Waals surface area (Å²) < 4.78 is 31.3. The fourth-order valence-electron chi connectivity index (χ4n) is 1.62. The van der Waals surface area contributed by atoms with Gasteiger partial charge >= 0.3 is 0 Å². The van der Waals surface area contributed by atoms with Gasteiger partial charge in [0, 0.05) is 6.61 Å². The van der Waals surface area contributed by atoms with E-state index in [1.165, 1.54) is 0 Å². The molecule has 24 heavy (non-hydrogen) atoms. The van der Waals surface area contributed by atoms with E-state index in [2.05, 4.69) is 27.7 Å². The molecule has 6 nitrogen and oxygen atoms in total. The molecule has 0 aromatic rings. The van der Waals surface area contributed by atoms with E-state index in [-0.39, 0.29) is 6.10 Å². The topological polar surface area (TPSA) is 62.0 Å². The standard InChI is InChI=1S/C10H20O3.C8H16O3/c1-8(2)4-12-9(3)5-11-6-10-7-13-10;1-7(2)3-9-6-10-4-8-5-11-8/h8-10H,4-7H2,1-3H3;7-8H,3-6H2,1-2H3. The molecule has 0 aromatic heterocycles. The van der Waals surface area contributed by atoms with Crippen LogP contribution in [0.2, 0.25) is 0 Å². The number of rotatable bonds is 13. The van der Waals surface area contributed by atoms with E-state index < -0.39 is 0 Å². The zero-order valence-electron chi connectivity index (χ0n) is 16.0. The van der Waals surface area contributed by atoms with E-state index in [0.29, 0.717) is 44.1 Å². The van der Waals surface area contributed by atoms with Crippen molar-refractivity contribution >= 4 is 0 Å². The molecular weight excluding hydrogens is 312 g/mol. The van der Waals surface area contributed by atoms with Crippen molar-refractivity contribution in [3.05, 3.63) is 0 Å². The average Bonchev–Trinajstić information content (AvgIpc) is 3.39. The zero-order chi connectivity index (χ0) is 17.8. The van der Waals surface area contributed by atoms with Crippen LogP contribution in [-0.2, 0) is 28.4 Å². The highest BCUT2D eigenvalue weighted by Crippen LogP contribution is 2.09. The van der Waals surface area contributed by atoms with E-state index in [1.807, 2.05) is 6.92 Å². The predicted octanol–water partition coefficient (Wildman–Crippen LogP) is 2.49. The minimum atomic E-state index is 0.196. The number of ether oxygens (including phenoxy) is 6. The molecule has 144 valence electrons. The van der Waals surface area contributed by atoms with E-state index in [0.717, 1.165) is 33.0 Å². The van der Waals surface area contributed by atoms with Crippen LogP contribution in [0.1, 0.15) is 34.6 Å². The molecule has 0 N–H and O–H groups in total. The molecule has 0 amide bonds. The van der Waals surface area contributed by atoms with Gasteiger partial charge in [0.25, 0.3) is 0 Å². The smallest absolute Gasteiger partial charge is 0.146 e. The summed E-state index contributed by atoms with van der Waals surface area (Å²) >= 11 is 0. The molecule has 3 unspecified atom stereocenters. The summed E-state index contributed by atoms with van der Waals surface area (Å²) in [5, 5.41) is 0. The third kappa shape index (κ3) is 15.3. The molecular formula is C18H36O6. The highest BCUT2D eigenvalue weighted by atomic mass is 16.7. The van der Waals surface area contributed by atoms with Gasteiger partial charge in [-0.2, -0.15) is 0 Å². The summed E-state index contributed by atoms with van der Waals surface area (Å²) in [6.45, 7) is 16.3. The Labute approximate surface area is 147 Å². The molecule has 2 aliphatic heterocycles. The molecule has 3 atom stereocenters. The van der Waals surface area contributed by atoms with Gasteiger partial charge in [-0.05, 0) is 18.8 Å². The first kappa shape index (κ1) is 21.8. The third-order valence-electron chi connectivity index (χ3n) is 3.10. The lowest BCUT2D eigenvalue weighted by atomic mass is 10.2. The maximum absolute atomic E-state index is 5.54. The summed E-state index contributed by atoms with van der Waals surface area (Å²) in [6, 6.07) is 0. The molecule has 2 fully saturated rings. The molecule has 0 saturated carbocycles. The molecule has 2 saturated heterocycles. The normalized spacial score (nSPS) is 23.1. The first-order valence-electron chi connectivity index (χ1n) is 9.05. The van der Waals surface area contributed by atoms with Gasteiger partial charge in [-0.15, -0.1) is 0 Å². The molecule has 2 aliphatic rings. The second-order valence-corrected chi connectivity index (χ2v) is 7.24. The first-order valence-corrected chi connectivity index (χ1v) is 9.05. The maximum Gasteiger partial charge on any atom is 0.146 e. The van der Waals surface area contributed by atoms with Gasteiger partial charge in [-0.25, -0.2) is 0 Å². The largest absolute Gasteiger partial charge is 0.376 e. The van der Waals surface area contributed by atoms with E-state index in [9.17, 15) is 0 Å². The van der Waals surface area contributed by atoms with Crippen molar-refractivity contribution in [2.45, 2.75) is 52.9 Å². The summed E-state index contributed by atoms with van der Waals surface area (Å²) in [5.74, 6) is 1.17. The number of epoxide rings is 2. The highest BCUT2D eigenvalue weighted by molar-refractivity contribution is 4.67. The Bertz CT molecular complexity index is 285. The van der Waals surface area contributed by atoms with Crippen molar-refractivity contribution in [2.75, 3.05) is 53.0 Å². The number of hydrogen-bond donors (Lipinski definition) is 0. The van der Waals surface area contributed by atoms with Crippen molar-refractivity contribution < 1.29 is 28.4 Å². The van der Waals surface area contributed by atoms with Gasteiger partial charge in [0.2, 0.25) is 0 Å². The molecule has 6 heteroatoms. The fourth-order valence-corrected chi connectivity index (χ4v) is 1.62. The van der Waals surface area contributed by atoms with Gasteiger partial charge in [0.1, 0.15) is 19.0 Å². The van der Waals surface area contributed by atoms with Crippen LogP contribution in [0, 0.1) is 11.8 Å². The van der Waals surface area contributed by atoms with Crippen molar-refractivity contribution in [3.63, 3.8) is 0 Å². The van der Waals surface area contributed by atoms with Gasteiger partial charge in [0.15, 0.2) is 0 Å². The van der Waals surface area contributed by atoms with Crippen LogP contribution in [0.4, 0.5) is 0 Å². The second-order valence-electron chi connectivity index (χ2n) is 7.24. The molecule has 0 aromatic carbocycles. The summed E-state index contributed by atoms with van der Waals surface area (Å²) in [4.78, 5) is 0. The first-order chi connectivity index (χ1) is 11.5. The molecule has 0 radical (unpaired) electrons. The predicted molar refractivity (Wildman–Crippen MR) is 92.2 cm³/mol. The maximum atomic E-state index is 5.54. The van der Waals surface area contributed by atoms with E-state index in [4.69, 9.17) is 28.4 Å². The molecule has 0 aliphatic carbocycles. The quantitative estimate of drug-likeness (QED) is 0.289. The highest BCUT2D eigenvalue weighted by Gasteiger charge is 2.22. The lowest BCUT2D eigenvalue weighted by Crippen LogP contribution is -2.19. The lowest BCUT2D eigenvalue weighted by molar-refractivity contribution is -0.0649. The van der Waals surface area contributed by atoms with E-state index >= 15 is 0 Å². The summed E-state index contributed by atoms with van der Waals surface area (Å²) in [5.41, 5.74) is 0. The minimum absolute atomic E-state index is 0.196. The van der Waals surface area contributed by atoms with Crippen LogP contribution in [0.5, 0.6) is 0 Å². The Balaban J connectivity index is 0.000000243. The van der Waals surface area contributed by atoms with Crippen LogP contribution < -0.4 is 0 Å². The molecule has 0 spiro atoms. The Kier molecular flexibility index (Phi) is 11.8. The lowest BCUT2D eigenvalue weighted by Gasteiger charge is -2.14. The molecule has 2 rings (SSSR count). The van der Waals surface area contributed by atoms with Crippen LogP contribution in [-0.4, -0.2) is 71.4 Å². The van der Waals surface area contributed by atoms with Crippen molar-refractivity contribution in [1.82, 2.24) is 0 Å². The Morgan fingerprint density at radius 2 is 1.29 bits per heavy atom. The average molecular weight is 348 g/mol. The Hall–Kier alpha value is -0.240. The van der Waals surface area contributed by atoms with Crippen LogP contribution in [0.25, 0.3) is 0 Å². The third-order valence-corrected chi connectivity index (χ3v) is 3.10. The fraction of sp³-hybridized carbons (Fsp3) is 1.00. The molecule has 2 heterocycles. The monoisotopic (exact) mass is 348 g/mol. The van der Waals surface area contributed by atoms with Gasteiger partial charge < -0.3 is 28.4 Å². The second kappa shape index (κ2) is 13.0. The van der Waals surface area contributed by atoms with Crippen LogP contribution >= 0.6 is 0 Å². The van der Waals surface area contributed by atoms with Gasteiger partial charge in [-0.1, -0.05) is 27.7 Å². The molecule has 0 bridgehead atoms. The Morgan fingerprint density at radius 3 is 1.79 bits per heavy atom. The Morgan fingerprint density at radius 1 is 0.750 bits per heavy atom. The van der Waals surface area contributed by atoms with Crippen molar-refractivity contribution in [3.8, 4) is 0 Å². The van der Waals surface area contributed by atoms with Gasteiger partial charge in [0.05, 0.1) is 45.7 Å². The summed E-state index contributed by atoms with van der Waals surface area (Å²) in [6.07, 6.45) is 0.899. The zero-order valence-corrected chi connectivity index (χ0v) is 16.0. The van der Waals surface area contributed by atoms with E-state index in [1.54, 1.807) is 0 Å². The SMILES string of the molecule is CC(C)COC(C)COCC1CO1.CC(C)COCOCC1CO1. The van der Waals surface area contributed by atoms with Crippen molar-refractivity contribution in [2.24, 2.45) is 11.8 Å². The van der Waals surface area contributed by atoms with Gasteiger partial charge in [-0.3, -0.25) is 0 Å². The minimum Gasteiger partial charge on any atom is -0.376 e. The van der Waals surface area contributed by atoms with Crippen LogP contribution in [0.3, 0.4) is 0 Å².